The van der Waals surface area contributed by atoms with Crippen LogP contribution in [-0.4, -0.2) is 34.7 Å². The van der Waals surface area contributed by atoms with E-state index in [2.05, 4.69) is 11.8 Å². The van der Waals surface area contributed by atoms with E-state index in [1.807, 2.05) is 13.8 Å². The highest BCUT2D eigenvalue weighted by molar-refractivity contribution is 4.88. The van der Waals surface area contributed by atoms with Crippen LogP contribution in [0.3, 0.4) is 0 Å². The van der Waals surface area contributed by atoms with Gasteiger partial charge in [0.15, 0.2) is 0 Å². The molecule has 0 aromatic carbocycles. The van der Waals surface area contributed by atoms with E-state index in [1.165, 1.54) is 0 Å². The first-order valence-corrected chi connectivity index (χ1v) is 3.45. The van der Waals surface area contributed by atoms with Crippen LogP contribution in [0, 0.1) is 0 Å². The average molecular weight is 129 g/mol. The van der Waals surface area contributed by atoms with E-state index >= 15 is 0 Å². The molecule has 1 heterocycles. The molecule has 1 aliphatic heterocycles. The second kappa shape index (κ2) is 1.96. The van der Waals surface area contributed by atoms with E-state index in [0.29, 0.717) is 6.04 Å². The molecule has 0 aliphatic carbocycles. The predicted molar refractivity (Wildman–Crippen MR) is 37.3 cm³/mol. The summed E-state index contributed by atoms with van der Waals surface area (Å²) in [5.74, 6) is 0. The molecule has 1 saturated heterocycles. The first-order valence-electron chi connectivity index (χ1n) is 3.45. The van der Waals surface area contributed by atoms with Gasteiger partial charge in [0, 0.05) is 19.1 Å². The van der Waals surface area contributed by atoms with Crippen LogP contribution in [-0.2, 0) is 0 Å². The third-order valence-corrected chi connectivity index (χ3v) is 1.58. The molecule has 0 radical (unpaired) electrons. The molecular weight excluding hydrogens is 114 g/mol. The summed E-state index contributed by atoms with van der Waals surface area (Å²) in [5.41, 5.74) is -0.509. The Hall–Kier alpha value is -0.0800. The highest BCUT2D eigenvalue weighted by atomic mass is 16.3. The van der Waals surface area contributed by atoms with Gasteiger partial charge >= 0.3 is 0 Å². The second-order valence-corrected chi connectivity index (χ2v) is 3.59. The van der Waals surface area contributed by atoms with Gasteiger partial charge in [0.25, 0.3) is 0 Å². The lowest BCUT2D eigenvalue weighted by molar-refractivity contribution is 0.0627. The fraction of sp³-hybridized carbons (Fsp3) is 1.00. The molecule has 2 atom stereocenters. The van der Waals surface area contributed by atoms with Crippen LogP contribution in [0.5, 0.6) is 0 Å². The minimum Gasteiger partial charge on any atom is -0.389 e. The first-order chi connectivity index (χ1) is 3.99. The van der Waals surface area contributed by atoms with E-state index in [1.54, 1.807) is 0 Å². The number of hydrogen-bond acceptors (Lipinski definition) is 2. The van der Waals surface area contributed by atoms with E-state index in [-0.39, 0.29) is 0 Å². The van der Waals surface area contributed by atoms with Gasteiger partial charge in [0.1, 0.15) is 0 Å². The van der Waals surface area contributed by atoms with Crippen LogP contribution in [0.2, 0.25) is 0 Å². The van der Waals surface area contributed by atoms with Crippen molar-refractivity contribution in [2.75, 3.05) is 13.1 Å². The zero-order valence-electron chi connectivity index (χ0n) is 6.39. The molecule has 1 rings (SSSR count). The number of aliphatic hydroxyl groups is 1. The Bertz CT molecular complexity index is 106. The second-order valence-electron chi connectivity index (χ2n) is 3.59. The topological polar surface area (TPSA) is 23.2 Å². The van der Waals surface area contributed by atoms with Crippen molar-refractivity contribution in [3.8, 4) is 0 Å². The molecule has 2 heteroatoms. The van der Waals surface area contributed by atoms with Crippen molar-refractivity contribution in [1.82, 2.24) is 4.90 Å². The van der Waals surface area contributed by atoms with Crippen molar-refractivity contribution >= 4 is 0 Å². The molecule has 2 unspecified atom stereocenters. The van der Waals surface area contributed by atoms with Crippen LogP contribution in [0.15, 0.2) is 0 Å². The maximum atomic E-state index is 9.30. The Balaban J connectivity index is 2.19. The fourth-order valence-electron chi connectivity index (χ4n) is 1.01. The molecule has 2 nitrogen and oxygen atoms in total. The van der Waals surface area contributed by atoms with Gasteiger partial charge in [-0.05, 0) is 20.8 Å². The van der Waals surface area contributed by atoms with Crippen LogP contribution in [0.25, 0.3) is 0 Å². The van der Waals surface area contributed by atoms with Crippen LogP contribution in [0.4, 0.5) is 0 Å². The summed E-state index contributed by atoms with van der Waals surface area (Å²) in [6, 6.07) is 0.705. The van der Waals surface area contributed by atoms with Crippen LogP contribution >= 0.6 is 0 Å². The summed E-state index contributed by atoms with van der Waals surface area (Å²) < 4.78 is 0. The van der Waals surface area contributed by atoms with Gasteiger partial charge < -0.3 is 5.11 Å². The van der Waals surface area contributed by atoms with Gasteiger partial charge in [-0.25, -0.2) is 0 Å². The third-order valence-electron chi connectivity index (χ3n) is 1.58. The van der Waals surface area contributed by atoms with Crippen molar-refractivity contribution in [2.45, 2.75) is 32.4 Å². The average Bonchev–Trinajstić information content (AvgIpc) is 2.13. The number of β-amino-alcohol motifs (C(OH)–C–C–N with tert-alkyl or cyclic N) is 1. The Labute approximate surface area is 56.5 Å². The minimum absolute atomic E-state index is 0.509. The normalized spacial score (nSPS) is 34.7. The number of rotatable bonds is 2. The molecular formula is C7H15NO. The predicted octanol–water partition coefficient (Wildman–Crippen LogP) is 0.461. The van der Waals surface area contributed by atoms with Crippen molar-refractivity contribution in [3.63, 3.8) is 0 Å². The summed E-state index contributed by atoms with van der Waals surface area (Å²) in [6.07, 6.45) is 0. The maximum absolute atomic E-state index is 9.30. The van der Waals surface area contributed by atoms with E-state index in [9.17, 15) is 5.11 Å². The van der Waals surface area contributed by atoms with Gasteiger partial charge in [-0.3, -0.25) is 4.90 Å². The van der Waals surface area contributed by atoms with Crippen molar-refractivity contribution in [3.05, 3.63) is 0 Å². The van der Waals surface area contributed by atoms with Crippen molar-refractivity contribution in [1.29, 1.82) is 0 Å². The van der Waals surface area contributed by atoms with Crippen molar-refractivity contribution in [2.24, 2.45) is 0 Å². The lowest BCUT2D eigenvalue weighted by Gasteiger charge is -2.17. The van der Waals surface area contributed by atoms with Crippen molar-refractivity contribution < 1.29 is 5.11 Å². The molecule has 0 saturated carbocycles. The zero-order chi connectivity index (χ0) is 7.07. The highest BCUT2D eigenvalue weighted by Crippen LogP contribution is 2.19. The molecule has 54 valence electrons. The molecule has 1 aliphatic rings. The van der Waals surface area contributed by atoms with Crippen LogP contribution in [0.1, 0.15) is 20.8 Å². The summed E-state index contributed by atoms with van der Waals surface area (Å²) in [6.45, 7) is 7.83. The Morgan fingerprint density at radius 1 is 1.67 bits per heavy atom. The van der Waals surface area contributed by atoms with Gasteiger partial charge in [0.2, 0.25) is 0 Å². The summed E-state index contributed by atoms with van der Waals surface area (Å²) in [4.78, 5) is 2.25. The standard InChI is InChI=1S/C7H15NO/c1-6-4-8(6)5-7(2,3)9/h6,9H,4-5H2,1-3H3. The Morgan fingerprint density at radius 3 is 2.22 bits per heavy atom. The lowest BCUT2D eigenvalue weighted by Crippen LogP contribution is -2.29. The molecule has 1 fully saturated rings. The van der Waals surface area contributed by atoms with Gasteiger partial charge in [-0.15, -0.1) is 0 Å². The summed E-state index contributed by atoms with van der Waals surface area (Å²) in [5, 5.41) is 9.30. The third kappa shape index (κ3) is 2.33. The van der Waals surface area contributed by atoms with E-state index in [4.69, 9.17) is 0 Å². The van der Waals surface area contributed by atoms with E-state index < -0.39 is 5.60 Å². The molecule has 1 N–H and O–H groups in total. The number of nitrogens with zero attached hydrogens (tertiary/aromatic N) is 1. The molecule has 0 bridgehead atoms. The number of hydrogen-bond donors (Lipinski definition) is 1. The maximum Gasteiger partial charge on any atom is 0.0718 e. The Morgan fingerprint density at radius 2 is 2.11 bits per heavy atom. The highest BCUT2D eigenvalue weighted by Gasteiger charge is 2.32. The molecule has 0 aromatic heterocycles. The lowest BCUT2D eigenvalue weighted by atomic mass is 10.1. The first kappa shape index (κ1) is 7.03. The summed E-state index contributed by atoms with van der Waals surface area (Å²) in [7, 11) is 0. The molecule has 0 aromatic rings. The molecule has 0 amide bonds. The fourth-order valence-corrected chi connectivity index (χ4v) is 1.01. The zero-order valence-corrected chi connectivity index (χ0v) is 6.39. The molecule has 9 heavy (non-hydrogen) atoms. The smallest absolute Gasteiger partial charge is 0.0718 e. The largest absolute Gasteiger partial charge is 0.389 e. The quantitative estimate of drug-likeness (QED) is 0.547. The van der Waals surface area contributed by atoms with E-state index in [0.717, 1.165) is 13.1 Å². The SMILES string of the molecule is CC1CN1CC(C)(C)O. The van der Waals surface area contributed by atoms with Gasteiger partial charge in [-0.1, -0.05) is 0 Å². The van der Waals surface area contributed by atoms with Gasteiger partial charge in [-0.2, -0.15) is 0 Å². The summed E-state index contributed by atoms with van der Waals surface area (Å²) >= 11 is 0. The molecule has 0 spiro atoms. The monoisotopic (exact) mass is 129 g/mol. The Kier molecular flexibility index (Phi) is 1.53. The van der Waals surface area contributed by atoms with Crippen LogP contribution < -0.4 is 0 Å². The van der Waals surface area contributed by atoms with Gasteiger partial charge in [0.05, 0.1) is 5.60 Å². The minimum atomic E-state index is -0.509.